The third-order valence-corrected chi connectivity index (χ3v) is 3.52. The quantitative estimate of drug-likeness (QED) is 0.921. The second-order valence-electron chi connectivity index (χ2n) is 3.91. The van der Waals surface area contributed by atoms with Crippen LogP contribution < -0.4 is 4.74 Å². The van der Waals surface area contributed by atoms with Gasteiger partial charge in [0.1, 0.15) is 12.4 Å². The summed E-state index contributed by atoms with van der Waals surface area (Å²) in [7, 11) is 0. The number of pyridine rings is 1. The zero-order chi connectivity index (χ0) is 13.1. The maximum absolute atomic E-state index is 11.0. The van der Waals surface area contributed by atoms with E-state index in [2.05, 4.69) is 4.98 Å². The molecule has 2 aromatic heterocycles. The Hall–Kier alpha value is -1.88. The number of carboxylic acids is 1. The molecule has 0 unspecified atom stereocenters. The predicted molar refractivity (Wildman–Crippen MR) is 69.3 cm³/mol. The van der Waals surface area contributed by atoms with E-state index in [-0.39, 0.29) is 11.5 Å². The van der Waals surface area contributed by atoms with Crippen LogP contribution in [-0.2, 0) is 6.61 Å². The lowest BCUT2D eigenvalue weighted by molar-refractivity contribution is 0.0697. The van der Waals surface area contributed by atoms with Crippen molar-refractivity contribution in [3.05, 3.63) is 45.4 Å². The van der Waals surface area contributed by atoms with Crippen molar-refractivity contribution in [1.82, 2.24) is 4.98 Å². The molecule has 1 N–H and O–H groups in total. The largest absolute Gasteiger partial charge is 0.485 e. The van der Waals surface area contributed by atoms with Crippen molar-refractivity contribution in [1.29, 1.82) is 0 Å². The Balaban J connectivity index is 2.16. The van der Waals surface area contributed by atoms with Gasteiger partial charge in [0.25, 0.3) is 0 Å². The average molecular weight is 263 g/mol. The normalized spacial score (nSPS) is 10.3. The van der Waals surface area contributed by atoms with Gasteiger partial charge in [-0.3, -0.25) is 4.98 Å². The molecule has 4 nitrogen and oxygen atoms in total. The lowest BCUT2D eigenvalue weighted by atomic mass is 10.2. The van der Waals surface area contributed by atoms with Crippen molar-refractivity contribution in [2.24, 2.45) is 0 Å². The van der Waals surface area contributed by atoms with Crippen molar-refractivity contribution in [2.75, 3.05) is 0 Å². The number of ether oxygens (including phenoxy) is 1. The van der Waals surface area contributed by atoms with E-state index in [0.29, 0.717) is 5.75 Å². The molecule has 0 atom stereocenters. The standard InChI is InChI=1S/C13H13NO3S/c1-8-4-3-5-14-10(8)7-17-11-6-9(2)18-12(11)13(15)16/h3-6H,7H2,1-2H3,(H,15,16). The van der Waals surface area contributed by atoms with Gasteiger partial charge in [0.05, 0.1) is 5.69 Å². The maximum atomic E-state index is 11.0. The third kappa shape index (κ3) is 2.68. The molecule has 0 saturated carbocycles. The zero-order valence-electron chi connectivity index (χ0n) is 10.1. The van der Waals surface area contributed by atoms with Crippen LogP contribution >= 0.6 is 11.3 Å². The van der Waals surface area contributed by atoms with Gasteiger partial charge in [0.15, 0.2) is 4.88 Å². The van der Waals surface area contributed by atoms with Crippen LogP contribution in [0, 0.1) is 13.8 Å². The van der Waals surface area contributed by atoms with Crippen molar-refractivity contribution in [3.63, 3.8) is 0 Å². The molecule has 0 fully saturated rings. The molecular weight excluding hydrogens is 250 g/mol. The summed E-state index contributed by atoms with van der Waals surface area (Å²) in [5.74, 6) is -0.545. The van der Waals surface area contributed by atoms with Gasteiger partial charge in [-0.2, -0.15) is 0 Å². The molecule has 5 heteroatoms. The molecule has 0 aromatic carbocycles. The summed E-state index contributed by atoms with van der Waals surface area (Å²) < 4.78 is 5.55. The first-order chi connectivity index (χ1) is 8.58. The highest BCUT2D eigenvalue weighted by molar-refractivity contribution is 7.14. The van der Waals surface area contributed by atoms with Crippen LogP contribution in [0.25, 0.3) is 0 Å². The molecule has 0 aliphatic carbocycles. The van der Waals surface area contributed by atoms with Crippen LogP contribution in [0.4, 0.5) is 0 Å². The number of aromatic nitrogens is 1. The second kappa shape index (κ2) is 5.18. The van der Waals surface area contributed by atoms with Gasteiger partial charge in [-0.15, -0.1) is 11.3 Å². The van der Waals surface area contributed by atoms with Gasteiger partial charge in [-0.1, -0.05) is 6.07 Å². The van der Waals surface area contributed by atoms with E-state index in [9.17, 15) is 4.79 Å². The summed E-state index contributed by atoms with van der Waals surface area (Å²) in [6.07, 6.45) is 1.70. The first-order valence-corrected chi connectivity index (χ1v) is 6.26. The second-order valence-corrected chi connectivity index (χ2v) is 5.17. The van der Waals surface area contributed by atoms with Crippen molar-refractivity contribution < 1.29 is 14.6 Å². The van der Waals surface area contributed by atoms with E-state index in [1.54, 1.807) is 12.3 Å². The number of rotatable bonds is 4. The van der Waals surface area contributed by atoms with E-state index in [1.165, 1.54) is 11.3 Å². The molecule has 0 aliphatic heterocycles. The number of nitrogens with zero attached hydrogens (tertiary/aromatic N) is 1. The van der Waals surface area contributed by atoms with Gasteiger partial charge in [-0.25, -0.2) is 4.79 Å². The Morgan fingerprint density at radius 3 is 2.94 bits per heavy atom. The third-order valence-electron chi connectivity index (χ3n) is 2.50. The van der Waals surface area contributed by atoms with E-state index < -0.39 is 5.97 Å². The number of carboxylic acid groups (broad SMARTS) is 1. The fourth-order valence-corrected chi connectivity index (χ4v) is 2.36. The molecule has 18 heavy (non-hydrogen) atoms. The Kier molecular flexibility index (Phi) is 3.62. The van der Waals surface area contributed by atoms with Crippen molar-refractivity contribution >= 4 is 17.3 Å². The SMILES string of the molecule is Cc1cc(OCc2ncccc2C)c(C(=O)O)s1. The Labute approximate surface area is 109 Å². The monoisotopic (exact) mass is 263 g/mol. The number of carbonyl (C=O) groups is 1. The van der Waals surface area contributed by atoms with Gasteiger partial charge in [-0.05, 0) is 31.5 Å². The molecular formula is C13H13NO3S. The van der Waals surface area contributed by atoms with Crippen LogP contribution in [0.5, 0.6) is 5.75 Å². The first kappa shape index (κ1) is 12.6. The number of hydrogen-bond acceptors (Lipinski definition) is 4. The highest BCUT2D eigenvalue weighted by atomic mass is 32.1. The smallest absolute Gasteiger partial charge is 0.349 e. The van der Waals surface area contributed by atoms with Gasteiger partial charge >= 0.3 is 5.97 Å². The van der Waals surface area contributed by atoms with Crippen LogP contribution in [0.2, 0.25) is 0 Å². The summed E-state index contributed by atoms with van der Waals surface area (Å²) in [6.45, 7) is 4.09. The van der Waals surface area contributed by atoms with Crippen LogP contribution in [0.15, 0.2) is 24.4 Å². The van der Waals surface area contributed by atoms with Crippen molar-refractivity contribution in [2.45, 2.75) is 20.5 Å². The number of hydrogen-bond donors (Lipinski definition) is 1. The Bertz CT molecular complexity index is 577. The van der Waals surface area contributed by atoms with Gasteiger partial charge in [0, 0.05) is 11.1 Å². The topological polar surface area (TPSA) is 59.4 Å². The van der Waals surface area contributed by atoms with Crippen molar-refractivity contribution in [3.8, 4) is 5.75 Å². The van der Waals surface area contributed by atoms with E-state index in [1.807, 2.05) is 26.0 Å². The number of thiophene rings is 1. The molecule has 94 valence electrons. The molecule has 0 aliphatic rings. The molecule has 2 aromatic rings. The minimum absolute atomic E-state index is 0.237. The molecule has 0 amide bonds. The van der Waals surface area contributed by atoms with E-state index >= 15 is 0 Å². The summed E-state index contributed by atoms with van der Waals surface area (Å²) >= 11 is 1.22. The minimum Gasteiger partial charge on any atom is -0.485 e. The van der Waals surface area contributed by atoms with Crippen LogP contribution in [-0.4, -0.2) is 16.1 Å². The lowest BCUT2D eigenvalue weighted by Gasteiger charge is -2.06. The van der Waals surface area contributed by atoms with Crippen LogP contribution in [0.1, 0.15) is 25.8 Å². The van der Waals surface area contributed by atoms with E-state index in [0.717, 1.165) is 16.1 Å². The molecule has 0 bridgehead atoms. The summed E-state index contributed by atoms with van der Waals surface area (Å²) in [5.41, 5.74) is 1.85. The molecule has 2 rings (SSSR count). The minimum atomic E-state index is -0.958. The molecule has 0 saturated heterocycles. The van der Waals surface area contributed by atoms with Gasteiger partial charge in [0.2, 0.25) is 0 Å². The maximum Gasteiger partial charge on any atom is 0.349 e. The Morgan fingerprint density at radius 2 is 2.28 bits per heavy atom. The summed E-state index contributed by atoms with van der Waals surface area (Å²) in [5, 5.41) is 9.05. The number of aromatic carboxylic acids is 1. The average Bonchev–Trinajstić information content (AvgIpc) is 2.70. The first-order valence-electron chi connectivity index (χ1n) is 5.45. The fraction of sp³-hybridized carbons (Fsp3) is 0.231. The van der Waals surface area contributed by atoms with E-state index in [4.69, 9.17) is 9.84 Å². The Morgan fingerprint density at radius 1 is 1.50 bits per heavy atom. The summed E-state index contributed by atoms with van der Waals surface area (Å²) in [6, 6.07) is 5.55. The number of aryl methyl sites for hydroxylation is 2. The summed E-state index contributed by atoms with van der Waals surface area (Å²) in [4.78, 5) is 16.4. The molecule has 0 radical (unpaired) electrons. The predicted octanol–water partition coefficient (Wildman–Crippen LogP) is 3.04. The molecule has 0 spiro atoms. The lowest BCUT2D eigenvalue weighted by Crippen LogP contribution is -2.03. The van der Waals surface area contributed by atoms with Crippen LogP contribution in [0.3, 0.4) is 0 Å². The molecule has 2 heterocycles. The highest BCUT2D eigenvalue weighted by Crippen LogP contribution is 2.29. The zero-order valence-corrected chi connectivity index (χ0v) is 11.0. The fourth-order valence-electron chi connectivity index (χ4n) is 1.56. The van der Waals surface area contributed by atoms with Gasteiger partial charge < -0.3 is 9.84 Å². The highest BCUT2D eigenvalue weighted by Gasteiger charge is 2.15.